The van der Waals surface area contributed by atoms with Crippen LogP contribution >= 0.6 is 0 Å². The third kappa shape index (κ3) is 122. The van der Waals surface area contributed by atoms with Crippen molar-refractivity contribution in [2.45, 2.75) is 0 Å². The van der Waals surface area contributed by atoms with Crippen molar-refractivity contribution in [3.05, 3.63) is 0 Å². The van der Waals surface area contributed by atoms with Crippen LogP contribution in [0.25, 0.3) is 0 Å². The van der Waals surface area contributed by atoms with Gasteiger partial charge in [-0.3, -0.25) is 8.92 Å². The van der Waals surface area contributed by atoms with Gasteiger partial charge >= 0.3 is 172 Å². The molecular formula is H7K3O6Si2. The van der Waals surface area contributed by atoms with E-state index >= 15 is 0 Å². The molecule has 0 aliphatic rings. The molecule has 11 heavy (non-hydrogen) atoms. The minimum atomic E-state index is -3.13. The van der Waals surface area contributed by atoms with Crippen LogP contribution in [0.2, 0.25) is 0 Å². The first kappa shape index (κ1) is 29.4. The monoisotopic (exact) mass is 276 g/mol. The second-order valence-electron chi connectivity index (χ2n) is 0.565. The molecule has 0 heterocycles. The van der Waals surface area contributed by atoms with E-state index in [1.54, 1.807) is 0 Å². The SMILES string of the molecule is O=[Si](O)O.O=[Si](O)O.[KH].[KH].[KH]. The second kappa shape index (κ2) is 23.7. The molecule has 0 bridgehead atoms. The van der Waals surface area contributed by atoms with E-state index in [2.05, 4.69) is 0 Å². The van der Waals surface area contributed by atoms with Gasteiger partial charge in [-0.1, -0.05) is 0 Å². The summed E-state index contributed by atoms with van der Waals surface area (Å²) in [5.74, 6) is 0. The minimum absolute atomic E-state index is 0. The van der Waals surface area contributed by atoms with Gasteiger partial charge in [0.2, 0.25) is 0 Å². The molecule has 0 aromatic rings. The molecule has 6 nitrogen and oxygen atoms in total. The molecule has 0 radical (unpaired) electrons. The Balaban J connectivity index is -0.0000000171. The van der Waals surface area contributed by atoms with Crippen molar-refractivity contribution >= 4 is 172 Å². The van der Waals surface area contributed by atoms with Gasteiger partial charge in [0.25, 0.3) is 0 Å². The summed E-state index contributed by atoms with van der Waals surface area (Å²) >= 11 is 0. The Labute approximate surface area is 194 Å². The molecule has 0 amide bonds. The van der Waals surface area contributed by atoms with Crippen LogP contribution in [0.15, 0.2) is 0 Å². The Hall–Kier alpha value is 4.14. The Kier molecular flexibility index (Phi) is 63.6. The molecule has 0 aliphatic carbocycles. The quantitative estimate of drug-likeness (QED) is 0.329. The van der Waals surface area contributed by atoms with E-state index in [1.807, 2.05) is 0 Å². The van der Waals surface area contributed by atoms with Crippen LogP contribution in [0.1, 0.15) is 0 Å². The summed E-state index contributed by atoms with van der Waals surface area (Å²) in [6, 6.07) is 0. The molecule has 0 rings (SSSR count). The van der Waals surface area contributed by atoms with Crippen LogP contribution in [-0.2, 0) is 8.92 Å². The maximum atomic E-state index is 8.74. The molecule has 4 N–H and O–H groups in total. The van der Waals surface area contributed by atoms with Crippen LogP contribution in [0.5, 0.6) is 0 Å². The van der Waals surface area contributed by atoms with Crippen molar-refractivity contribution in [3.8, 4) is 0 Å². The molecule has 0 atom stereocenters. The molecule has 0 saturated carbocycles. The summed E-state index contributed by atoms with van der Waals surface area (Å²) in [4.78, 5) is 28.6. The van der Waals surface area contributed by atoms with Crippen molar-refractivity contribution in [2.75, 3.05) is 0 Å². The molecule has 0 aromatic heterocycles. The van der Waals surface area contributed by atoms with Crippen LogP contribution in [0.4, 0.5) is 0 Å². The van der Waals surface area contributed by atoms with E-state index in [9.17, 15) is 0 Å². The normalized spacial score (nSPS) is 4.36. The molecule has 0 aromatic carbocycles. The van der Waals surface area contributed by atoms with Gasteiger partial charge in [-0.25, -0.2) is 0 Å². The molecule has 0 fully saturated rings. The Bertz CT molecular complexity index is 73.8. The number of rotatable bonds is 0. The van der Waals surface area contributed by atoms with E-state index < -0.39 is 18.3 Å². The topological polar surface area (TPSA) is 115 Å². The second-order valence-corrected chi connectivity index (χ2v) is 1.70. The molecule has 0 aliphatic heterocycles. The zero-order valence-corrected chi connectivity index (χ0v) is 5.61. The summed E-state index contributed by atoms with van der Waals surface area (Å²) in [6.45, 7) is 0. The summed E-state index contributed by atoms with van der Waals surface area (Å²) in [5, 5.41) is 0. The van der Waals surface area contributed by atoms with Crippen molar-refractivity contribution in [2.24, 2.45) is 0 Å². The molecular weight excluding hydrogens is 269 g/mol. The average molecular weight is 277 g/mol. The van der Waals surface area contributed by atoms with Crippen molar-refractivity contribution < 1.29 is 28.1 Å². The number of hydrogen-bond donors (Lipinski definition) is 4. The van der Waals surface area contributed by atoms with Crippen LogP contribution in [0, 0.1) is 0 Å². The fraction of sp³-hybridized carbons (Fsp3) is 0. The first-order chi connectivity index (χ1) is 3.46. The van der Waals surface area contributed by atoms with Crippen LogP contribution in [-0.4, -0.2) is 192 Å². The van der Waals surface area contributed by atoms with Gasteiger partial charge in [-0.05, 0) is 0 Å². The maximum absolute atomic E-state index is 8.74. The predicted octanol–water partition coefficient (Wildman–Crippen LogP) is -5.17. The third-order valence-electron chi connectivity index (χ3n) is 0. The van der Waals surface area contributed by atoms with E-state index in [1.165, 1.54) is 0 Å². The summed E-state index contributed by atoms with van der Waals surface area (Å²) in [7, 11) is -6.26. The summed E-state index contributed by atoms with van der Waals surface area (Å²) in [6.07, 6.45) is 0. The van der Waals surface area contributed by atoms with Crippen molar-refractivity contribution in [3.63, 3.8) is 0 Å². The van der Waals surface area contributed by atoms with E-state index in [-0.39, 0.29) is 154 Å². The van der Waals surface area contributed by atoms with E-state index in [0.717, 1.165) is 0 Å². The van der Waals surface area contributed by atoms with Gasteiger partial charge < -0.3 is 19.2 Å². The molecule has 11 heteroatoms. The molecule has 0 saturated heterocycles. The summed E-state index contributed by atoms with van der Waals surface area (Å²) < 4.78 is 17.5. The molecule has 54 valence electrons. The van der Waals surface area contributed by atoms with E-state index in [4.69, 9.17) is 28.1 Å². The Morgan fingerprint density at radius 2 is 0.636 bits per heavy atom. The molecule has 0 spiro atoms. The van der Waals surface area contributed by atoms with Crippen molar-refractivity contribution in [1.29, 1.82) is 0 Å². The first-order valence-corrected chi connectivity index (χ1v) is 3.91. The van der Waals surface area contributed by atoms with Gasteiger partial charge in [0.05, 0.1) is 0 Å². The fourth-order valence-corrected chi connectivity index (χ4v) is 0. The van der Waals surface area contributed by atoms with Crippen molar-refractivity contribution in [1.82, 2.24) is 0 Å². The standard InChI is InChI=1S/3K.2H2O3Si.3H/c;;;2*1-4(2)3;;;/h;;;2*1-2H;;;. The zero-order chi connectivity index (χ0) is 7.15. The Morgan fingerprint density at radius 1 is 0.636 bits per heavy atom. The van der Waals surface area contributed by atoms with Gasteiger partial charge in [0.15, 0.2) is 0 Å². The molecule has 0 unspecified atom stereocenters. The van der Waals surface area contributed by atoms with Gasteiger partial charge in [-0.2, -0.15) is 0 Å². The fourth-order valence-electron chi connectivity index (χ4n) is 0. The van der Waals surface area contributed by atoms with Gasteiger partial charge in [-0.15, -0.1) is 0 Å². The van der Waals surface area contributed by atoms with E-state index in [0.29, 0.717) is 0 Å². The predicted molar refractivity (Wildman–Crippen MR) is 43.2 cm³/mol. The number of hydrogen-bond acceptors (Lipinski definition) is 2. The van der Waals surface area contributed by atoms with Gasteiger partial charge in [0.1, 0.15) is 0 Å². The van der Waals surface area contributed by atoms with Crippen LogP contribution < -0.4 is 0 Å². The first-order valence-electron chi connectivity index (χ1n) is 1.30. The van der Waals surface area contributed by atoms with Crippen LogP contribution in [0.3, 0.4) is 0 Å². The summed E-state index contributed by atoms with van der Waals surface area (Å²) in [5.41, 5.74) is 0. The Morgan fingerprint density at radius 3 is 0.636 bits per heavy atom. The third-order valence-corrected chi connectivity index (χ3v) is 0. The van der Waals surface area contributed by atoms with Gasteiger partial charge in [0, 0.05) is 0 Å². The zero-order valence-electron chi connectivity index (χ0n) is 3.61. The average Bonchev–Trinajstić information content (AvgIpc) is 1.25.